The molecule has 0 spiro atoms. The standard InChI is InChI=1S/C23H33N7O/c1-17-14-18(2)30(27-17)21-7-5-4-6-19(21)15-25-23(24-3)29-12-10-28(11-13-29)16-22(31)26-20-8-9-20/h4-7,14,20H,8-13,15-16H2,1-3H3,(H,24,25)(H,26,31). The number of aromatic nitrogens is 2. The van der Waals surface area contributed by atoms with Crippen LogP contribution in [0.1, 0.15) is 29.8 Å². The number of carbonyl (C=O) groups is 1. The molecule has 1 saturated carbocycles. The molecular formula is C23H33N7O. The molecule has 166 valence electrons. The molecule has 4 rings (SSSR count). The summed E-state index contributed by atoms with van der Waals surface area (Å²) < 4.78 is 2.00. The third-order valence-electron chi connectivity index (χ3n) is 5.86. The highest BCUT2D eigenvalue weighted by Gasteiger charge is 2.26. The van der Waals surface area contributed by atoms with E-state index in [2.05, 4.69) is 61.7 Å². The van der Waals surface area contributed by atoms with Crippen molar-refractivity contribution < 1.29 is 4.79 Å². The van der Waals surface area contributed by atoms with E-state index in [1.54, 1.807) is 0 Å². The molecule has 31 heavy (non-hydrogen) atoms. The second-order valence-corrected chi connectivity index (χ2v) is 8.47. The second kappa shape index (κ2) is 9.51. The fraction of sp³-hybridized carbons (Fsp3) is 0.522. The number of amides is 1. The minimum absolute atomic E-state index is 0.152. The summed E-state index contributed by atoms with van der Waals surface area (Å²) in [5.74, 6) is 1.05. The van der Waals surface area contributed by atoms with Crippen LogP contribution in [0.25, 0.3) is 5.69 Å². The Balaban J connectivity index is 1.32. The van der Waals surface area contributed by atoms with Crippen LogP contribution in [0.5, 0.6) is 0 Å². The molecule has 2 fully saturated rings. The van der Waals surface area contributed by atoms with Crippen molar-refractivity contribution in [3.63, 3.8) is 0 Å². The summed E-state index contributed by atoms with van der Waals surface area (Å²) in [6, 6.07) is 10.8. The van der Waals surface area contributed by atoms with Gasteiger partial charge in [-0.2, -0.15) is 5.10 Å². The van der Waals surface area contributed by atoms with E-state index < -0.39 is 0 Å². The van der Waals surface area contributed by atoms with Crippen LogP contribution >= 0.6 is 0 Å². The van der Waals surface area contributed by atoms with Crippen LogP contribution in [0.4, 0.5) is 0 Å². The zero-order chi connectivity index (χ0) is 21.8. The number of piperazine rings is 1. The van der Waals surface area contributed by atoms with Crippen LogP contribution in [0.15, 0.2) is 35.3 Å². The van der Waals surface area contributed by atoms with Crippen LogP contribution in [0, 0.1) is 13.8 Å². The Hall–Kier alpha value is -2.87. The fourth-order valence-corrected chi connectivity index (χ4v) is 4.07. The van der Waals surface area contributed by atoms with Gasteiger partial charge in [0.25, 0.3) is 0 Å². The van der Waals surface area contributed by atoms with Crippen LogP contribution in [0.3, 0.4) is 0 Å². The molecular weight excluding hydrogens is 390 g/mol. The summed E-state index contributed by atoms with van der Waals surface area (Å²) in [6.45, 7) is 8.69. The van der Waals surface area contributed by atoms with Crippen LogP contribution < -0.4 is 10.6 Å². The van der Waals surface area contributed by atoms with Crippen molar-refractivity contribution in [3.05, 3.63) is 47.3 Å². The molecule has 1 aliphatic carbocycles. The van der Waals surface area contributed by atoms with Gasteiger partial charge in [0, 0.05) is 51.5 Å². The van der Waals surface area contributed by atoms with Gasteiger partial charge in [0.15, 0.2) is 5.96 Å². The van der Waals surface area contributed by atoms with Crippen molar-refractivity contribution in [1.29, 1.82) is 0 Å². The predicted molar refractivity (Wildman–Crippen MR) is 122 cm³/mol. The van der Waals surface area contributed by atoms with Crippen molar-refractivity contribution in [3.8, 4) is 5.69 Å². The number of nitrogens with one attached hydrogen (secondary N) is 2. The molecule has 2 aromatic rings. The summed E-state index contributed by atoms with van der Waals surface area (Å²) in [5.41, 5.74) is 4.39. The van der Waals surface area contributed by atoms with E-state index in [1.807, 2.05) is 24.7 Å². The van der Waals surface area contributed by atoms with Crippen LogP contribution in [-0.2, 0) is 11.3 Å². The van der Waals surface area contributed by atoms with E-state index in [-0.39, 0.29) is 5.91 Å². The van der Waals surface area contributed by atoms with Gasteiger partial charge in [-0.3, -0.25) is 14.7 Å². The van der Waals surface area contributed by atoms with Gasteiger partial charge >= 0.3 is 0 Å². The molecule has 1 amide bonds. The minimum atomic E-state index is 0.152. The molecule has 1 aromatic heterocycles. The number of hydrogen-bond donors (Lipinski definition) is 2. The van der Waals surface area contributed by atoms with Crippen molar-refractivity contribution in [2.24, 2.45) is 4.99 Å². The van der Waals surface area contributed by atoms with E-state index in [9.17, 15) is 4.79 Å². The number of para-hydroxylation sites is 1. The van der Waals surface area contributed by atoms with Gasteiger partial charge in [0.2, 0.25) is 5.91 Å². The van der Waals surface area contributed by atoms with Crippen molar-refractivity contribution in [1.82, 2.24) is 30.2 Å². The van der Waals surface area contributed by atoms with E-state index >= 15 is 0 Å². The Labute approximate surface area is 184 Å². The van der Waals surface area contributed by atoms with Crippen molar-refractivity contribution in [2.75, 3.05) is 39.8 Å². The summed E-state index contributed by atoms with van der Waals surface area (Å²) in [4.78, 5) is 21.0. The lowest BCUT2D eigenvalue weighted by Gasteiger charge is -2.36. The largest absolute Gasteiger partial charge is 0.352 e. The Bertz CT molecular complexity index is 939. The molecule has 8 nitrogen and oxygen atoms in total. The molecule has 2 heterocycles. The molecule has 0 bridgehead atoms. The highest BCUT2D eigenvalue weighted by atomic mass is 16.2. The van der Waals surface area contributed by atoms with Gasteiger partial charge in [0.1, 0.15) is 0 Å². The average Bonchev–Trinajstić information content (AvgIpc) is 3.51. The summed E-state index contributed by atoms with van der Waals surface area (Å²) in [5, 5.41) is 11.2. The SMILES string of the molecule is CN=C(NCc1ccccc1-n1nc(C)cc1C)N1CCN(CC(=O)NC2CC2)CC1. The highest BCUT2D eigenvalue weighted by Crippen LogP contribution is 2.19. The van der Waals surface area contributed by atoms with Crippen molar-refractivity contribution >= 4 is 11.9 Å². The third kappa shape index (κ3) is 5.44. The zero-order valence-corrected chi connectivity index (χ0v) is 18.8. The number of benzene rings is 1. The zero-order valence-electron chi connectivity index (χ0n) is 18.8. The van der Waals surface area contributed by atoms with E-state index in [1.165, 1.54) is 5.56 Å². The first-order valence-corrected chi connectivity index (χ1v) is 11.1. The Kier molecular flexibility index (Phi) is 6.56. The first-order valence-electron chi connectivity index (χ1n) is 11.1. The molecule has 8 heteroatoms. The number of carbonyl (C=O) groups excluding carboxylic acids is 1. The first-order chi connectivity index (χ1) is 15.0. The van der Waals surface area contributed by atoms with Gasteiger partial charge in [-0.25, -0.2) is 4.68 Å². The maximum atomic E-state index is 12.1. The lowest BCUT2D eigenvalue weighted by molar-refractivity contribution is -0.122. The smallest absolute Gasteiger partial charge is 0.234 e. The highest BCUT2D eigenvalue weighted by molar-refractivity contribution is 5.80. The van der Waals surface area contributed by atoms with Crippen LogP contribution in [0.2, 0.25) is 0 Å². The number of guanidine groups is 1. The maximum absolute atomic E-state index is 12.1. The molecule has 2 N–H and O–H groups in total. The van der Waals surface area contributed by atoms with Gasteiger partial charge in [-0.15, -0.1) is 0 Å². The molecule has 0 atom stereocenters. The Morgan fingerprint density at radius 2 is 1.90 bits per heavy atom. The normalized spacial score (nSPS) is 17.6. The van der Waals surface area contributed by atoms with Gasteiger partial charge in [0.05, 0.1) is 17.9 Å². The van der Waals surface area contributed by atoms with E-state index in [0.717, 1.165) is 62.1 Å². The molecule has 0 unspecified atom stereocenters. The monoisotopic (exact) mass is 423 g/mol. The summed E-state index contributed by atoms with van der Waals surface area (Å²) in [7, 11) is 1.82. The molecule has 1 saturated heterocycles. The predicted octanol–water partition coefficient (Wildman–Crippen LogP) is 1.46. The van der Waals surface area contributed by atoms with Gasteiger partial charge in [-0.1, -0.05) is 18.2 Å². The van der Waals surface area contributed by atoms with Gasteiger partial charge in [-0.05, 0) is 44.4 Å². The van der Waals surface area contributed by atoms with Gasteiger partial charge < -0.3 is 15.5 Å². The lowest BCUT2D eigenvalue weighted by Crippen LogP contribution is -2.54. The number of hydrogen-bond acceptors (Lipinski definition) is 4. The molecule has 1 aromatic carbocycles. The topological polar surface area (TPSA) is 77.8 Å². The number of nitrogens with zero attached hydrogens (tertiary/aromatic N) is 5. The Morgan fingerprint density at radius 1 is 1.16 bits per heavy atom. The molecule has 1 aliphatic heterocycles. The van der Waals surface area contributed by atoms with Crippen LogP contribution in [-0.4, -0.2) is 77.3 Å². The summed E-state index contributed by atoms with van der Waals surface area (Å²) >= 11 is 0. The first kappa shape index (κ1) is 21.4. The van der Waals surface area contributed by atoms with Crippen molar-refractivity contribution in [2.45, 2.75) is 39.3 Å². The minimum Gasteiger partial charge on any atom is -0.352 e. The Morgan fingerprint density at radius 3 is 2.55 bits per heavy atom. The fourth-order valence-electron chi connectivity index (χ4n) is 4.07. The van der Waals surface area contributed by atoms with E-state index in [0.29, 0.717) is 19.1 Å². The third-order valence-corrected chi connectivity index (χ3v) is 5.86. The second-order valence-electron chi connectivity index (χ2n) is 8.47. The number of aryl methyl sites for hydroxylation is 2. The quantitative estimate of drug-likeness (QED) is 0.543. The number of aliphatic imine (C=N–C) groups is 1. The summed E-state index contributed by atoms with van der Waals surface area (Å²) in [6.07, 6.45) is 2.26. The maximum Gasteiger partial charge on any atom is 0.234 e. The van der Waals surface area contributed by atoms with E-state index in [4.69, 9.17) is 0 Å². The average molecular weight is 424 g/mol. The molecule has 2 aliphatic rings. The molecule has 0 radical (unpaired) electrons. The number of rotatable bonds is 6. The lowest BCUT2D eigenvalue weighted by atomic mass is 10.1.